The van der Waals surface area contributed by atoms with Crippen LogP contribution in [0, 0.1) is 11.8 Å². The second-order valence-corrected chi connectivity index (χ2v) is 4.35. The maximum absolute atomic E-state index is 12.0. The van der Waals surface area contributed by atoms with Crippen LogP contribution in [0.5, 0.6) is 0 Å². The molecule has 3 atom stereocenters. The molecule has 1 aliphatic heterocycles. The number of hydrogen-bond acceptors (Lipinski definition) is 2. The monoisotopic (exact) mass is 202 g/mol. The predicted molar refractivity (Wildman–Crippen MR) is 58.4 cm³/mol. The van der Waals surface area contributed by atoms with Crippen LogP contribution in [0.2, 0.25) is 0 Å². The molecule has 1 aromatic carbocycles. The Balaban J connectivity index is 1.95. The van der Waals surface area contributed by atoms with E-state index in [1.807, 2.05) is 35.2 Å². The number of hydrogen-bond donors (Lipinski definition) is 1. The third kappa shape index (κ3) is 1.20. The number of amides is 1. The fraction of sp³-hybridized carbons (Fsp3) is 0.417. The third-order valence-electron chi connectivity index (χ3n) is 3.50. The highest BCUT2D eigenvalue weighted by molar-refractivity contribution is 6.00. The van der Waals surface area contributed by atoms with Crippen molar-refractivity contribution in [1.82, 2.24) is 0 Å². The Morgan fingerprint density at radius 1 is 1.33 bits per heavy atom. The summed E-state index contributed by atoms with van der Waals surface area (Å²) in [6, 6.07) is 10.1. The van der Waals surface area contributed by atoms with Crippen molar-refractivity contribution in [2.75, 3.05) is 11.4 Å². The van der Waals surface area contributed by atoms with Crippen molar-refractivity contribution < 1.29 is 4.79 Å². The number of carbonyl (C=O) groups is 1. The Morgan fingerprint density at radius 3 is 2.73 bits per heavy atom. The van der Waals surface area contributed by atoms with Gasteiger partial charge in [-0.25, -0.2) is 0 Å². The minimum Gasteiger partial charge on any atom is -0.328 e. The van der Waals surface area contributed by atoms with Gasteiger partial charge in [0.25, 0.3) is 0 Å². The SMILES string of the molecule is NCC1C2CC2C(=O)N1c1ccccc1. The van der Waals surface area contributed by atoms with E-state index < -0.39 is 0 Å². The van der Waals surface area contributed by atoms with Crippen LogP contribution < -0.4 is 10.6 Å². The number of rotatable bonds is 2. The molecule has 0 bridgehead atoms. The normalized spacial score (nSPS) is 33.0. The zero-order valence-electron chi connectivity index (χ0n) is 8.47. The molecule has 2 fully saturated rings. The summed E-state index contributed by atoms with van der Waals surface area (Å²) in [6.45, 7) is 0.571. The molecular formula is C12H14N2O. The van der Waals surface area contributed by atoms with Gasteiger partial charge in [-0.3, -0.25) is 4.79 Å². The summed E-state index contributed by atoms with van der Waals surface area (Å²) in [6.07, 6.45) is 1.05. The largest absolute Gasteiger partial charge is 0.328 e. The van der Waals surface area contributed by atoms with E-state index in [0.29, 0.717) is 12.5 Å². The predicted octanol–water partition coefficient (Wildman–Crippen LogP) is 0.997. The van der Waals surface area contributed by atoms with Gasteiger partial charge in [-0.1, -0.05) is 18.2 Å². The summed E-state index contributed by atoms with van der Waals surface area (Å²) in [5.41, 5.74) is 6.74. The van der Waals surface area contributed by atoms with Crippen LogP contribution in [-0.2, 0) is 4.79 Å². The van der Waals surface area contributed by atoms with Gasteiger partial charge in [0.05, 0.1) is 6.04 Å². The molecule has 3 unspecified atom stereocenters. The van der Waals surface area contributed by atoms with Gasteiger partial charge >= 0.3 is 0 Å². The van der Waals surface area contributed by atoms with E-state index in [-0.39, 0.29) is 17.9 Å². The van der Waals surface area contributed by atoms with Gasteiger partial charge in [-0.15, -0.1) is 0 Å². The van der Waals surface area contributed by atoms with Crippen molar-refractivity contribution in [3.8, 4) is 0 Å². The molecule has 2 aliphatic rings. The fourth-order valence-corrected chi connectivity index (χ4v) is 2.64. The Kier molecular flexibility index (Phi) is 1.83. The van der Waals surface area contributed by atoms with E-state index in [1.54, 1.807) is 0 Å². The van der Waals surface area contributed by atoms with Crippen LogP contribution in [0.15, 0.2) is 30.3 Å². The lowest BCUT2D eigenvalue weighted by atomic mass is 10.1. The maximum atomic E-state index is 12.0. The minimum absolute atomic E-state index is 0.227. The highest BCUT2D eigenvalue weighted by atomic mass is 16.2. The summed E-state index contributed by atoms with van der Waals surface area (Å²) in [4.78, 5) is 13.9. The molecule has 3 rings (SSSR count). The van der Waals surface area contributed by atoms with Crippen molar-refractivity contribution in [3.63, 3.8) is 0 Å². The van der Waals surface area contributed by atoms with Gasteiger partial charge in [-0.2, -0.15) is 0 Å². The third-order valence-corrected chi connectivity index (χ3v) is 3.50. The number of benzene rings is 1. The Morgan fingerprint density at radius 2 is 2.07 bits per heavy atom. The molecule has 1 saturated carbocycles. The molecule has 3 nitrogen and oxygen atoms in total. The molecule has 1 heterocycles. The van der Waals surface area contributed by atoms with Crippen molar-refractivity contribution >= 4 is 11.6 Å². The van der Waals surface area contributed by atoms with Crippen LogP contribution in [0.1, 0.15) is 6.42 Å². The topological polar surface area (TPSA) is 46.3 Å². The lowest BCUT2D eigenvalue weighted by molar-refractivity contribution is -0.118. The zero-order chi connectivity index (χ0) is 10.4. The minimum atomic E-state index is 0.227. The van der Waals surface area contributed by atoms with Crippen molar-refractivity contribution in [2.45, 2.75) is 12.5 Å². The van der Waals surface area contributed by atoms with E-state index in [9.17, 15) is 4.79 Å². The first-order valence-corrected chi connectivity index (χ1v) is 5.41. The fourth-order valence-electron chi connectivity index (χ4n) is 2.64. The number of nitrogens with zero attached hydrogens (tertiary/aromatic N) is 1. The Hall–Kier alpha value is -1.35. The van der Waals surface area contributed by atoms with E-state index >= 15 is 0 Å². The van der Waals surface area contributed by atoms with Gasteiger partial charge in [0.15, 0.2) is 0 Å². The lowest BCUT2D eigenvalue weighted by Crippen LogP contribution is -2.41. The van der Waals surface area contributed by atoms with Gasteiger partial charge in [0.2, 0.25) is 5.91 Å². The number of piperidine rings is 1. The number of fused-ring (bicyclic) bond motifs is 1. The lowest BCUT2D eigenvalue weighted by Gasteiger charge is -2.26. The van der Waals surface area contributed by atoms with Crippen LogP contribution in [-0.4, -0.2) is 18.5 Å². The standard InChI is InChI=1S/C12H14N2O/c13-7-11-9-6-10(9)12(15)14(11)8-4-2-1-3-5-8/h1-5,9-11H,6-7,13H2. The number of carbonyl (C=O) groups excluding carboxylic acids is 1. The molecule has 0 aromatic heterocycles. The average molecular weight is 202 g/mol. The number of para-hydroxylation sites is 1. The molecule has 1 saturated heterocycles. The van der Waals surface area contributed by atoms with Crippen LogP contribution in [0.3, 0.4) is 0 Å². The van der Waals surface area contributed by atoms with Crippen LogP contribution in [0.25, 0.3) is 0 Å². The van der Waals surface area contributed by atoms with Crippen molar-refractivity contribution in [2.24, 2.45) is 17.6 Å². The van der Waals surface area contributed by atoms with E-state index in [4.69, 9.17) is 5.73 Å². The van der Waals surface area contributed by atoms with E-state index in [2.05, 4.69) is 0 Å². The van der Waals surface area contributed by atoms with Gasteiger partial charge in [0.1, 0.15) is 0 Å². The molecule has 1 amide bonds. The van der Waals surface area contributed by atoms with E-state index in [1.165, 1.54) is 0 Å². The smallest absolute Gasteiger partial charge is 0.230 e. The van der Waals surface area contributed by atoms with E-state index in [0.717, 1.165) is 12.1 Å². The molecule has 3 heteroatoms. The first-order valence-electron chi connectivity index (χ1n) is 5.41. The number of anilines is 1. The van der Waals surface area contributed by atoms with Gasteiger partial charge < -0.3 is 10.6 Å². The first-order chi connectivity index (χ1) is 7.33. The zero-order valence-corrected chi connectivity index (χ0v) is 8.47. The second kappa shape index (κ2) is 3.07. The van der Waals surface area contributed by atoms with Gasteiger partial charge in [-0.05, 0) is 24.5 Å². The first kappa shape index (κ1) is 8.92. The molecule has 78 valence electrons. The molecule has 0 spiro atoms. The van der Waals surface area contributed by atoms with Crippen molar-refractivity contribution in [3.05, 3.63) is 30.3 Å². The van der Waals surface area contributed by atoms with Crippen molar-refractivity contribution in [1.29, 1.82) is 0 Å². The highest BCUT2D eigenvalue weighted by Gasteiger charge is 2.58. The maximum Gasteiger partial charge on any atom is 0.230 e. The summed E-state index contributed by atoms with van der Waals surface area (Å²) < 4.78 is 0. The molecule has 2 N–H and O–H groups in total. The highest BCUT2D eigenvalue weighted by Crippen LogP contribution is 2.51. The summed E-state index contributed by atoms with van der Waals surface area (Å²) in [7, 11) is 0. The Bertz CT molecular complexity index is 390. The Labute approximate surface area is 88.9 Å². The molecule has 1 aromatic rings. The molecular weight excluding hydrogens is 188 g/mol. The van der Waals surface area contributed by atoms with Gasteiger partial charge in [0, 0.05) is 18.2 Å². The molecule has 15 heavy (non-hydrogen) atoms. The summed E-state index contributed by atoms with van der Waals surface area (Å²) in [5.74, 6) is 1.04. The number of nitrogens with two attached hydrogens (primary N) is 1. The average Bonchev–Trinajstić information content (AvgIpc) is 3.01. The quantitative estimate of drug-likeness (QED) is 0.777. The second-order valence-electron chi connectivity index (χ2n) is 4.35. The van der Waals surface area contributed by atoms with Crippen LogP contribution in [0.4, 0.5) is 5.69 Å². The molecule has 1 aliphatic carbocycles. The summed E-state index contributed by atoms with van der Waals surface area (Å²) in [5, 5.41) is 0. The van der Waals surface area contributed by atoms with Crippen LogP contribution >= 0.6 is 0 Å². The molecule has 0 radical (unpaired) electrons. The summed E-state index contributed by atoms with van der Waals surface area (Å²) >= 11 is 0.